The van der Waals surface area contributed by atoms with Crippen molar-refractivity contribution in [2.45, 2.75) is 0 Å². The van der Waals surface area contributed by atoms with Gasteiger partial charge in [-0.3, -0.25) is 0 Å². The van der Waals surface area contributed by atoms with Gasteiger partial charge in [0.1, 0.15) is 11.2 Å². The molecule has 5 nitrogen and oxygen atoms in total. The van der Waals surface area contributed by atoms with Crippen molar-refractivity contribution >= 4 is 76.1 Å². The van der Waals surface area contributed by atoms with Crippen LogP contribution in [0.25, 0.3) is 116 Å². The molecule has 260 valence electrons. The molecule has 9 aromatic carbocycles. The Kier molecular flexibility index (Phi) is 6.56. The highest BCUT2D eigenvalue weighted by atomic mass is 16.3. The molecule has 3 aromatic heterocycles. The lowest BCUT2D eigenvalue weighted by Crippen LogP contribution is -2.00. The Morgan fingerprint density at radius 2 is 1.02 bits per heavy atom. The van der Waals surface area contributed by atoms with Crippen LogP contribution in [0.1, 0.15) is 0 Å². The number of para-hydroxylation sites is 1. The molecule has 3 heterocycles. The number of hydrogen-bond acceptors (Lipinski definition) is 4. The summed E-state index contributed by atoms with van der Waals surface area (Å²) in [4.78, 5) is 15.4. The largest absolute Gasteiger partial charge is 0.455 e. The van der Waals surface area contributed by atoms with Gasteiger partial charge >= 0.3 is 0 Å². The molecule has 0 spiro atoms. The molecule has 5 heteroatoms. The molecular formula is C51H30N4O. The number of benzene rings is 9. The molecule has 0 fully saturated rings. The summed E-state index contributed by atoms with van der Waals surface area (Å²) < 4.78 is 9.26. The molecule has 0 N–H and O–H groups in total. The van der Waals surface area contributed by atoms with Crippen LogP contribution in [0.4, 0.5) is 0 Å². The Balaban J connectivity index is 1.16. The Morgan fingerprint density at radius 1 is 0.375 bits per heavy atom. The second kappa shape index (κ2) is 11.9. The number of hydrogen-bond donors (Lipinski definition) is 0. The van der Waals surface area contributed by atoms with Gasteiger partial charge in [0.05, 0.1) is 16.7 Å². The van der Waals surface area contributed by atoms with E-state index in [0.29, 0.717) is 17.5 Å². The van der Waals surface area contributed by atoms with E-state index in [0.717, 1.165) is 71.5 Å². The summed E-state index contributed by atoms with van der Waals surface area (Å²) in [5.74, 6) is 1.83. The second-order valence-electron chi connectivity index (χ2n) is 14.4. The maximum atomic E-state index is 6.83. The molecule has 0 radical (unpaired) electrons. The zero-order valence-corrected chi connectivity index (χ0v) is 30.0. The molecular weight excluding hydrogens is 685 g/mol. The summed E-state index contributed by atoms with van der Waals surface area (Å²) in [7, 11) is 0. The van der Waals surface area contributed by atoms with Crippen LogP contribution in [-0.2, 0) is 0 Å². The van der Waals surface area contributed by atoms with Crippen LogP contribution in [0.3, 0.4) is 0 Å². The van der Waals surface area contributed by atoms with Crippen molar-refractivity contribution in [3.8, 4) is 39.9 Å². The number of fused-ring (bicyclic) bond motifs is 10. The molecule has 0 atom stereocenters. The smallest absolute Gasteiger partial charge is 0.164 e. The molecule has 0 saturated carbocycles. The first-order valence-corrected chi connectivity index (χ1v) is 18.9. The van der Waals surface area contributed by atoms with E-state index in [1.165, 1.54) is 26.9 Å². The molecule has 0 amide bonds. The predicted octanol–water partition coefficient (Wildman–Crippen LogP) is 13.3. The summed E-state index contributed by atoms with van der Waals surface area (Å²) in [5, 5.41) is 11.3. The van der Waals surface area contributed by atoms with E-state index in [4.69, 9.17) is 19.4 Å². The van der Waals surface area contributed by atoms with Crippen molar-refractivity contribution in [3.05, 3.63) is 182 Å². The number of aromatic nitrogens is 4. The highest BCUT2D eigenvalue weighted by molar-refractivity contribution is 6.22. The zero-order valence-electron chi connectivity index (χ0n) is 30.0. The highest BCUT2D eigenvalue weighted by Gasteiger charge is 2.22. The molecule has 0 unspecified atom stereocenters. The van der Waals surface area contributed by atoms with E-state index in [-0.39, 0.29) is 0 Å². The maximum Gasteiger partial charge on any atom is 0.164 e. The molecule has 0 aliphatic carbocycles. The summed E-state index contributed by atoms with van der Waals surface area (Å²) in [6.45, 7) is 0. The fraction of sp³-hybridized carbons (Fsp3) is 0. The first kappa shape index (κ1) is 30.8. The minimum atomic E-state index is 0.591. The fourth-order valence-corrected chi connectivity index (χ4v) is 8.59. The van der Waals surface area contributed by atoms with Gasteiger partial charge in [-0.05, 0) is 57.9 Å². The van der Waals surface area contributed by atoms with E-state index < -0.39 is 0 Å². The van der Waals surface area contributed by atoms with Gasteiger partial charge in [-0.15, -0.1) is 0 Å². The van der Waals surface area contributed by atoms with Crippen molar-refractivity contribution in [1.82, 2.24) is 19.5 Å². The van der Waals surface area contributed by atoms with Gasteiger partial charge in [0.2, 0.25) is 0 Å². The standard InChI is InChI=1S/C51H30N4O/c1-2-14-32(15-3-1)49-52-50(36-26-25-31-13-4-5-16-33(31)27-36)54-51(53-49)40-22-12-24-46-47(40)42-30-45(37-19-8-9-21-39(37)48(42)56-46)55-43-23-11-10-20-38(43)41-28-34-17-6-7-18-35(34)29-44(41)55/h1-30H. The number of furan rings is 1. The van der Waals surface area contributed by atoms with Crippen LogP contribution in [-0.4, -0.2) is 19.5 Å². The topological polar surface area (TPSA) is 56.7 Å². The number of rotatable bonds is 4. The molecule has 0 saturated heterocycles. The van der Waals surface area contributed by atoms with Crippen LogP contribution < -0.4 is 0 Å². The zero-order chi connectivity index (χ0) is 36.7. The monoisotopic (exact) mass is 714 g/mol. The summed E-state index contributed by atoms with van der Waals surface area (Å²) in [6, 6.07) is 63.9. The first-order valence-electron chi connectivity index (χ1n) is 18.9. The summed E-state index contributed by atoms with van der Waals surface area (Å²) in [5.41, 5.74) is 7.76. The SMILES string of the molecule is c1ccc(-c2nc(-c3ccc4ccccc4c3)nc(-c3cccc4oc5c6ccccc6c(-n6c7ccccc7c7cc8ccccc8cc76)cc5c34)n2)cc1. The van der Waals surface area contributed by atoms with Gasteiger partial charge in [-0.2, -0.15) is 0 Å². The van der Waals surface area contributed by atoms with Crippen molar-refractivity contribution in [2.24, 2.45) is 0 Å². The van der Waals surface area contributed by atoms with Gasteiger partial charge in [0.25, 0.3) is 0 Å². The Morgan fingerprint density at radius 3 is 1.84 bits per heavy atom. The van der Waals surface area contributed by atoms with Crippen LogP contribution in [0.5, 0.6) is 0 Å². The fourth-order valence-electron chi connectivity index (χ4n) is 8.59. The molecule has 12 rings (SSSR count). The average Bonchev–Trinajstić information content (AvgIpc) is 3.80. The van der Waals surface area contributed by atoms with Crippen molar-refractivity contribution < 1.29 is 4.42 Å². The van der Waals surface area contributed by atoms with Crippen molar-refractivity contribution in [2.75, 3.05) is 0 Å². The normalized spacial score (nSPS) is 11.9. The quantitative estimate of drug-likeness (QED) is 0.182. The third-order valence-electron chi connectivity index (χ3n) is 11.2. The average molecular weight is 715 g/mol. The molecule has 0 bridgehead atoms. The van der Waals surface area contributed by atoms with E-state index >= 15 is 0 Å². The Hall–Kier alpha value is -7.63. The third-order valence-corrected chi connectivity index (χ3v) is 11.2. The van der Waals surface area contributed by atoms with E-state index in [2.05, 4.69) is 144 Å². The van der Waals surface area contributed by atoms with E-state index in [1.807, 2.05) is 42.5 Å². The van der Waals surface area contributed by atoms with Crippen LogP contribution in [0.15, 0.2) is 186 Å². The molecule has 0 aliphatic heterocycles. The predicted molar refractivity (Wildman–Crippen MR) is 230 cm³/mol. The summed E-state index contributed by atoms with van der Waals surface area (Å²) >= 11 is 0. The Labute approximate surface area is 320 Å². The lowest BCUT2D eigenvalue weighted by Gasteiger charge is -2.13. The lowest BCUT2D eigenvalue weighted by molar-refractivity contribution is 0.672. The third kappa shape index (κ3) is 4.64. The maximum absolute atomic E-state index is 6.83. The van der Waals surface area contributed by atoms with Gasteiger partial charge in [0, 0.05) is 49.0 Å². The summed E-state index contributed by atoms with van der Waals surface area (Å²) in [6.07, 6.45) is 0. The molecule has 12 aromatic rings. The lowest BCUT2D eigenvalue weighted by atomic mass is 10.0. The first-order chi connectivity index (χ1) is 27.7. The van der Waals surface area contributed by atoms with E-state index in [9.17, 15) is 0 Å². The van der Waals surface area contributed by atoms with Gasteiger partial charge in [-0.1, -0.05) is 146 Å². The minimum Gasteiger partial charge on any atom is -0.455 e. The van der Waals surface area contributed by atoms with Gasteiger partial charge < -0.3 is 8.98 Å². The van der Waals surface area contributed by atoms with Crippen LogP contribution in [0.2, 0.25) is 0 Å². The van der Waals surface area contributed by atoms with Crippen molar-refractivity contribution in [3.63, 3.8) is 0 Å². The number of nitrogens with zero attached hydrogens (tertiary/aromatic N) is 4. The Bertz CT molecular complexity index is 3540. The van der Waals surface area contributed by atoms with Crippen LogP contribution >= 0.6 is 0 Å². The minimum absolute atomic E-state index is 0.591. The highest BCUT2D eigenvalue weighted by Crippen LogP contribution is 2.44. The molecule has 56 heavy (non-hydrogen) atoms. The van der Waals surface area contributed by atoms with E-state index in [1.54, 1.807) is 0 Å². The van der Waals surface area contributed by atoms with Crippen LogP contribution in [0, 0.1) is 0 Å². The van der Waals surface area contributed by atoms with Gasteiger partial charge in [0.15, 0.2) is 17.5 Å². The second-order valence-corrected chi connectivity index (χ2v) is 14.4. The van der Waals surface area contributed by atoms with Gasteiger partial charge in [-0.25, -0.2) is 15.0 Å². The van der Waals surface area contributed by atoms with Crippen molar-refractivity contribution in [1.29, 1.82) is 0 Å². The molecule has 0 aliphatic rings.